The minimum absolute atomic E-state index is 0.325. The minimum Gasteiger partial charge on any atom is -0.356 e. The van der Waals surface area contributed by atoms with Crippen LogP contribution in [0.1, 0.15) is 46.0 Å². The smallest absolute Gasteiger partial charge is 0.223 e. The normalized spacial score (nSPS) is 32.9. The standard InChI is InChI=1S/C13H23NO/c1-9(2)4-3-5-14-13(15)12-7-10-6-11(10)8-12/h9-12H,3-8H2,1-2H3,(H,14,15). The average molecular weight is 209 g/mol. The fourth-order valence-corrected chi connectivity index (χ4v) is 2.80. The van der Waals surface area contributed by atoms with Crippen LogP contribution in [0.25, 0.3) is 0 Å². The Hall–Kier alpha value is -0.530. The zero-order valence-corrected chi connectivity index (χ0v) is 9.96. The van der Waals surface area contributed by atoms with Crippen LogP contribution in [0.5, 0.6) is 0 Å². The van der Waals surface area contributed by atoms with Crippen LogP contribution >= 0.6 is 0 Å². The first kappa shape index (κ1) is 11.0. The van der Waals surface area contributed by atoms with Gasteiger partial charge in [-0.05, 0) is 49.9 Å². The van der Waals surface area contributed by atoms with Gasteiger partial charge in [-0.2, -0.15) is 0 Å². The van der Waals surface area contributed by atoms with Crippen LogP contribution in [-0.4, -0.2) is 12.5 Å². The molecule has 0 spiro atoms. The largest absolute Gasteiger partial charge is 0.356 e. The van der Waals surface area contributed by atoms with E-state index in [0.717, 1.165) is 30.7 Å². The van der Waals surface area contributed by atoms with Gasteiger partial charge in [0.05, 0.1) is 0 Å². The molecule has 0 aromatic heterocycles. The molecular formula is C13H23NO. The van der Waals surface area contributed by atoms with Gasteiger partial charge < -0.3 is 5.32 Å². The molecule has 1 N–H and O–H groups in total. The number of rotatable bonds is 5. The molecule has 2 nitrogen and oxygen atoms in total. The Bertz CT molecular complexity index is 227. The van der Waals surface area contributed by atoms with Gasteiger partial charge in [-0.1, -0.05) is 13.8 Å². The first-order valence-corrected chi connectivity index (χ1v) is 6.44. The Morgan fingerprint density at radius 2 is 1.93 bits per heavy atom. The van der Waals surface area contributed by atoms with Crippen molar-refractivity contribution in [2.24, 2.45) is 23.7 Å². The molecule has 2 fully saturated rings. The summed E-state index contributed by atoms with van der Waals surface area (Å²) in [6.07, 6.45) is 6.08. The molecule has 0 aliphatic heterocycles. The highest BCUT2D eigenvalue weighted by Crippen LogP contribution is 2.54. The van der Waals surface area contributed by atoms with E-state index < -0.39 is 0 Å². The lowest BCUT2D eigenvalue weighted by atomic mass is 10.0. The van der Waals surface area contributed by atoms with Crippen molar-refractivity contribution in [1.29, 1.82) is 0 Å². The van der Waals surface area contributed by atoms with Gasteiger partial charge >= 0.3 is 0 Å². The summed E-state index contributed by atoms with van der Waals surface area (Å²) in [5.41, 5.74) is 0. The predicted molar refractivity (Wildman–Crippen MR) is 61.4 cm³/mol. The molecule has 0 bridgehead atoms. The molecule has 2 rings (SSSR count). The van der Waals surface area contributed by atoms with Crippen molar-refractivity contribution in [3.05, 3.63) is 0 Å². The monoisotopic (exact) mass is 209 g/mol. The number of nitrogens with one attached hydrogen (secondary N) is 1. The van der Waals surface area contributed by atoms with Crippen molar-refractivity contribution in [2.45, 2.75) is 46.0 Å². The van der Waals surface area contributed by atoms with Crippen molar-refractivity contribution < 1.29 is 4.79 Å². The van der Waals surface area contributed by atoms with E-state index in [1.807, 2.05) is 0 Å². The van der Waals surface area contributed by atoms with E-state index in [1.54, 1.807) is 0 Å². The molecule has 2 saturated carbocycles. The highest BCUT2D eigenvalue weighted by atomic mass is 16.1. The van der Waals surface area contributed by atoms with Crippen molar-refractivity contribution in [1.82, 2.24) is 5.32 Å². The molecule has 2 aliphatic carbocycles. The fourth-order valence-electron chi connectivity index (χ4n) is 2.80. The number of hydrogen-bond donors (Lipinski definition) is 1. The van der Waals surface area contributed by atoms with Gasteiger partial charge in [0.15, 0.2) is 0 Å². The zero-order chi connectivity index (χ0) is 10.8. The first-order valence-electron chi connectivity index (χ1n) is 6.44. The summed E-state index contributed by atoms with van der Waals surface area (Å²) < 4.78 is 0. The van der Waals surface area contributed by atoms with Crippen LogP contribution in [0.4, 0.5) is 0 Å². The SMILES string of the molecule is CC(C)CCCNC(=O)C1CC2CC2C1. The Morgan fingerprint density at radius 1 is 1.27 bits per heavy atom. The Morgan fingerprint density at radius 3 is 2.53 bits per heavy atom. The lowest BCUT2D eigenvalue weighted by Gasteiger charge is -2.12. The van der Waals surface area contributed by atoms with Crippen molar-refractivity contribution in [3.8, 4) is 0 Å². The molecular weight excluding hydrogens is 186 g/mol. The van der Waals surface area contributed by atoms with E-state index in [2.05, 4.69) is 19.2 Å². The Labute approximate surface area is 92.8 Å². The molecule has 0 aromatic rings. The van der Waals surface area contributed by atoms with Gasteiger partial charge in [-0.25, -0.2) is 0 Å². The molecule has 15 heavy (non-hydrogen) atoms. The second-order valence-electron chi connectivity index (χ2n) is 5.75. The molecule has 0 saturated heterocycles. The number of hydrogen-bond acceptors (Lipinski definition) is 1. The van der Waals surface area contributed by atoms with Gasteiger partial charge in [0.25, 0.3) is 0 Å². The van der Waals surface area contributed by atoms with Crippen LogP contribution in [-0.2, 0) is 4.79 Å². The maximum absolute atomic E-state index is 11.7. The topological polar surface area (TPSA) is 29.1 Å². The van der Waals surface area contributed by atoms with Gasteiger partial charge in [0.1, 0.15) is 0 Å². The maximum Gasteiger partial charge on any atom is 0.223 e. The Kier molecular flexibility index (Phi) is 3.32. The van der Waals surface area contributed by atoms with Gasteiger partial charge in [-0.3, -0.25) is 4.79 Å². The summed E-state index contributed by atoms with van der Waals surface area (Å²) in [4.78, 5) is 11.7. The summed E-state index contributed by atoms with van der Waals surface area (Å²) in [7, 11) is 0. The fraction of sp³-hybridized carbons (Fsp3) is 0.923. The van der Waals surface area contributed by atoms with E-state index in [0.29, 0.717) is 11.8 Å². The van der Waals surface area contributed by atoms with Crippen LogP contribution in [0.2, 0.25) is 0 Å². The number of amides is 1. The van der Waals surface area contributed by atoms with Gasteiger partial charge in [0.2, 0.25) is 5.91 Å². The summed E-state index contributed by atoms with van der Waals surface area (Å²) in [5.74, 6) is 3.26. The second kappa shape index (κ2) is 4.54. The Balaban J connectivity index is 1.57. The maximum atomic E-state index is 11.7. The molecule has 0 radical (unpaired) electrons. The van der Waals surface area contributed by atoms with Crippen molar-refractivity contribution in [2.75, 3.05) is 6.54 Å². The summed E-state index contributed by atoms with van der Waals surface area (Å²) in [6, 6.07) is 0. The third kappa shape index (κ3) is 2.96. The third-order valence-electron chi connectivity index (χ3n) is 3.87. The highest BCUT2D eigenvalue weighted by molar-refractivity contribution is 5.79. The summed E-state index contributed by atoms with van der Waals surface area (Å²) in [5, 5.41) is 3.08. The average Bonchev–Trinajstić information content (AvgIpc) is 2.80. The first-order chi connectivity index (χ1) is 7.16. The van der Waals surface area contributed by atoms with Crippen molar-refractivity contribution in [3.63, 3.8) is 0 Å². The van der Waals surface area contributed by atoms with Crippen molar-refractivity contribution >= 4 is 5.91 Å². The van der Waals surface area contributed by atoms with Crippen LogP contribution < -0.4 is 5.32 Å². The van der Waals surface area contributed by atoms with Crippen LogP contribution in [0.3, 0.4) is 0 Å². The van der Waals surface area contributed by atoms with E-state index in [-0.39, 0.29) is 0 Å². The van der Waals surface area contributed by atoms with Gasteiger partial charge in [0, 0.05) is 12.5 Å². The van der Waals surface area contributed by atoms with Crippen LogP contribution in [0.15, 0.2) is 0 Å². The van der Waals surface area contributed by atoms with E-state index in [4.69, 9.17) is 0 Å². The molecule has 86 valence electrons. The summed E-state index contributed by atoms with van der Waals surface area (Å²) in [6.45, 7) is 5.33. The predicted octanol–water partition coefficient (Wildman–Crippen LogP) is 2.58. The third-order valence-corrected chi connectivity index (χ3v) is 3.87. The zero-order valence-electron chi connectivity index (χ0n) is 9.96. The lowest BCUT2D eigenvalue weighted by molar-refractivity contribution is -0.125. The molecule has 2 atom stereocenters. The van der Waals surface area contributed by atoms with E-state index in [9.17, 15) is 4.79 Å². The molecule has 0 aromatic carbocycles. The molecule has 2 aliphatic rings. The number of carbonyl (C=O) groups excluding carboxylic acids is 1. The molecule has 1 amide bonds. The quantitative estimate of drug-likeness (QED) is 0.693. The van der Waals surface area contributed by atoms with E-state index >= 15 is 0 Å². The number of fused-ring (bicyclic) bond motifs is 1. The summed E-state index contributed by atoms with van der Waals surface area (Å²) >= 11 is 0. The van der Waals surface area contributed by atoms with Gasteiger partial charge in [-0.15, -0.1) is 0 Å². The second-order valence-corrected chi connectivity index (χ2v) is 5.75. The minimum atomic E-state index is 0.325. The molecule has 2 heteroatoms. The van der Waals surface area contributed by atoms with Crippen LogP contribution in [0, 0.1) is 23.7 Å². The molecule has 2 unspecified atom stereocenters. The number of carbonyl (C=O) groups is 1. The molecule has 0 heterocycles. The highest BCUT2D eigenvalue weighted by Gasteiger charge is 2.47. The van der Waals surface area contributed by atoms with E-state index in [1.165, 1.54) is 25.7 Å². The lowest BCUT2D eigenvalue weighted by Crippen LogP contribution is -2.30.